The van der Waals surface area contributed by atoms with E-state index in [4.69, 9.17) is 13.9 Å². The van der Waals surface area contributed by atoms with Crippen molar-refractivity contribution in [2.24, 2.45) is 0 Å². The second kappa shape index (κ2) is 7.20. The van der Waals surface area contributed by atoms with Crippen LogP contribution in [0.3, 0.4) is 0 Å². The van der Waals surface area contributed by atoms with Gasteiger partial charge in [0.05, 0.1) is 5.75 Å². The quantitative estimate of drug-likeness (QED) is 0.628. The van der Waals surface area contributed by atoms with E-state index >= 15 is 0 Å². The van der Waals surface area contributed by atoms with Crippen LogP contribution in [0.15, 0.2) is 58.2 Å². The summed E-state index contributed by atoms with van der Waals surface area (Å²) in [6.45, 7) is 1.01. The predicted molar refractivity (Wildman–Crippen MR) is 103 cm³/mol. The van der Waals surface area contributed by atoms with E-state index in [-0.39, 0.29) is 11.7 Å². The van der Waals surface area contributed by atoms with E-state index in [9.17, 15) is 4.79 Å². The molecule has 0 saturated heterocycles. The Labute approximate surface area is 165 Å². The maximum atomic E-state index is 12.6. The molecule has 0 N–H and O–H groups in total. The molecular weight excluding hydrogens is 378 g/mol. The number of fused-ring (bicyclic) bond motifs is 2. The molecule has 0 radical (unpaired) electrons. The summed E-state index contributed by atoms with van der Waals surface area (Å²) in [5.74, 6) is 1.95. The van der Waals surface area contributed by atoms with Crippen molar-refractivity contribution in [3.05, 3.63) is 60.0 Å². The van der Waals surface area contributed by atoms with Crippen LogP contribution in [-0.2, 0) is 11.2 Å². The number of aromatic nitrogens is 2. The van der Waals surface area contributed by atoms with Gasteiger partial charge in [-0.2, -0.15) is 0 Å². The third kappa shape index (κ3) is 3.20. The standard InChI is InChI=1S/C20H17N3O4S/c24-18(23-10-9-13-5-1-2-6-14(13)23)12-28-20-22-21-19(27-20)17-11-25-15-7-3-4-8-16(15)26-17/h1-8,17H,9-12H2. The van der Waals surface area contributed by atoms with Gasteiger partial charge in [-0.25, -0.2) is 0 Å². The summed E-state index contributed by atoms with van der Waals surface area (Å²) in [5, 5.41) is 8.43. The van der Waals surface area contributed by atoms with E-state index in [0.717, 1.165) is 12.1 Å². The molecule has 28 heavy (non-hydrogen) atoms. The third-order valence-electron chi connectivity index (χ3n) is 4.71. The molecule has 2 aromatic carbocycles. The Morgan fingerprint density at radius 1 is 1.11 bits per heavy atom. The number of amides is 1. The second-order valence-corrected chi connectivity index (χ2v) is 7.41. The van der Waals surface area contributed by atoms with Crippen molar-refractivity contribution in [2.45, 2.75) is 17.7 Å². The lowest BCUT2D eigenvalue weighted by Crippen LogP contribution is -2.30. The minimum absolute atomic E-state index is 0.0286. The fourth-order valence-corrected chi connectivity index (χ4v) is 3.99. The van der Waals surface area contributed by atoms with Gasteiger partial charge in [-0.1, -0.05) is 42.1 Å². The highest BCUT2D eigenvalue weighted by atomic mass is 32.2. The maximum absolute atomic E-state index is 12.6. The van der Waals surface area contributed by atoms with Gasteiger partial charge in [-0.05, 0) is 30.2 Å². The van der Waals surface area contributed by atoms with E-state index < -0.39 is 6.10 Å². The van der Waals surface area contributed by atoms with Gasteiger partial charge in [-0.15, -0.1) is 10.2 Å². The largest absolute Gasteiger partial charge is 0.485 e. The summed E-state index contributed by atoms with van der Waals surface area (Å²) >= 11 is 1.23. The zero-order valence-electron chi connectivity index (χ0n) is 14.9. The second-order valence-electron chi connectivity index (χ2n) is 6.48. The first kappa shape index (κ1) is 17.1. The summed E-state index contributed by atoms with van der Waals surface area (Å²) in [4.78, 5) is 14.4. The SMILES string of the molecule is O=C(CSc1nnc(C2COc3ccccc3O2)o1)N1CCc2ccccc21. The Kier molecular flexibility index (Phi) is 4.40. The molecule has 142 valence electrons. The van der Waals surface area contributed by atoms with E-state index in [1.807, 2.05) is 47.4 Å². The highest BCUT2D eigenvalue weighted by Crippen LogP contribution is 2.36. The summed E-state index contributed by atoms with van der Waals surface area (Å²) in [6.07, 6.45) is 0.426. The van der Waals surface area contributed by atoms with Crippen molar-refractivity contribution < 1.29 is 18.7 Å². The average molecular weight is 395 g/mol. The van der Waals surface area contributed by atoms with Crippen molar-refractivity contribution in [1.82, 2.24) is 10.2 Å². The highest BCUT2D eigenvalue weighted by Gasteiger charge is 2.28. The number of hydrogen-bond acceptors (Lipinski definition) is 7. The molecular formula is C20H17N3O4S. The number of rotatable bonds is 4. The van der Waals surface area contributed by atoms with Crippen LogP contribution in [0.4, 0.5) is 5.69 Å². The number of anilines is 1. The normalized spacial score (nSPS) is 17.4. The van der Waals surface area contributed by atoms with Crippen molar-refractivity contribution >= 4 is 23.4 Å². The first-order valence-electron chi connectivity index (χ1n) is 9.01. The third-order valence-corrected chi connectivity index (χ3v) is 5.52. The van der Waals surface area contributed by atoms with Crippen molar-refractivity contribution in [3.8, 4) is 11.5 Å². The predicted octanol–water partition coefficient (Wildman–Crippen LogP) is 3.26. The Balaban J connectivity index is 1.21. The number of ether oxygens (including phenoxy) is 2. The topological polar surface area (TPSA) is 77.7 Å². The maximum Gasteiger partial charge on any atom is 0.277 e. The summed E-state index contributed by atoms with van der Waals surface area (Å²) in [5.41, 5.74) is 2.20. The fourth-order valence-electron chi connectivity index (χ4n) is 3.35. The van der Waals surface area contributed by atoms with Crippen LogP contribution in [0, 0.1) is 0 Å². The number of carbonyl (C=O) groups excluding carboxylic acids is 1. The lowest BCUT2D eigenvalue weighted by atomic mass is 10.2. The first-order chi connectivity index (χ1) is 13.8. The minimum atomic E-state index is -0.460. The summed E-state index contributed by atoms with van der Waals surface area (Å²) in [6, 6.07) is 15.4. The molecule has 1 aromatic heterocycles. The smallest absolute Gasteiger partial charge is 0.277 e. The Morgan fingerprint density at radius 2 is 1.93 bits per heavy atom. The van der Waals surface area contributed by atoms with Gasteiger partial charge in [0.15, 0.2) is 11.5 Å². The van der Waals surface area contributed by atoms with Crippen LogP contribution >= 0.6 is 11.8 Å². The van der Waals surface area contributed by atoms with Gasteiger partial charge in [0.1, 0.15) is 6.61 Å². The van der Waals surface area contributed by atoms with Crippen LogP contribution in [0.25, 0.3) is 0 Å². The lowest BCUT2D eigenvalue weighted by Gasteiger charge is -2.23. The van der Waals surface area contributed by atoms with Crippen LogP contribution < -0.4 is 14.4 Å². The molecule has 1 unspecified atom stereocenters. The molecule has 0 saturated carbocycles. The van der Waals surface area contributed by atoms with Crippen molar-refractivity contribution in [3.63, 3.8) is 0 Å². The number of para-hydroxylation sites is 3. The number of nitrogens with zero attached hydrogens (tertiary/aromatic N) is 3. The molecule has 0 spiro atoms. The molecule has 3 aromatic rings. The zero-order valence-corrected chi connectivity index (χ0v) is 15.7. The molecule has 0 bridgehead atoms. The van der Waals surface area contributed by atoms with Gasteiger partial charge >= 0.3 is 0 Å². The van der Waals surface area contributed by atoms with Gasteiger partial charge in [0, 0.05) is 12.2 Å². The molecule has 7 nitrogen and oxygen atoms in total. The number of thioether (sulfide) groups is 1. The number of benzene rings is 2. The van der Waals surface area contributed by atoms with Crippen LogP contribution in [0.5, 0.6) is 11.5 Å². The van der Waals surface area contributed by atoms with Crippen LogP contribution in [0.1, 0.15) is 17.6 Å². The molecule has 2 aliphatic rings. The lowest BCUT2D eigenvalue weighted by molar-refractivity contribution is -0.116. The average Bonchev–Trinajstić information content (AvgIpc) is 3.39. The molecule has 5 rings (SSSR count). The Bertz CT molecular complexity index is 1020. The van der Waals surface area contributed by atoms with Crippen molar-refractivity contribution in [1.29, 1.82) is 0 Å². The fraction of sp³-hybridized carbons (Fsp3) is 0.250. The van der Waals surface area contributed by atoms with Crippen molar-refractivity contribution in [2.75, 3.05) is 23.8 Å². The molecule has 0 aliphatic carbocycles. The van der Waals surface area contributed by atoms with Crippen LogP contribution in [0.2, 0.25) is 0 Å². The zero-order chi connectivity index (χ0) is 18.9. The molecule has 1 amide bonds. The number of carbonyl (C=O) groups is 1. The molecule has 2 aliphatic heterocycles. The minimum Gasteiger partial charge on any atom is -0.485 e. The van der Waals surface area contributed by atoms with Gasteiger partial charge in [0.2, 0.25) is 12.0 Å². The van der Waals surface area contributed by atoms with E-state index in [1.54, 1.807) is 0 Å². The van der Waals surface area contributed by atoms with Gasteiger partial charge in [0.25, 0.3) is 11.1 Å². The van der Waals surface area contributed by atoms with E-state index in [1.165, 1.54) is 17.3 Å². The number of hydrogen-bond donors (Lipinski definition) is 0. The highest BCUT2D eigenvalue weighted by molar-refractivity contribution is 7.99. The van der Waals surface area contributed by atoms with Crippen LogP contribution in [-0.4, -0.2) is 35.0 Å². The molecule has 0 fully saturated rings. The van der Waals surface area contributed by atoms with E-state index in [2.05, 4.69) is 16.3 Å². The molecule has 8 heteroatoms. The summed E-state index contributed by atoms with van der Waals surface area (Å²) in [7, 11) is 0. The van der Waals surface area contributed by atoms with E-state index in [0.29, 0.717) is 35.8 Å². The Morgan fingerprint density at radius 3 is 2.86 bits per heavy atom. The summed E-state index contributed by atoms with van der Waals surface area (Å²) < 4.78 is 17.2. The molecule has 3 heterocycles. The Hall–Kier alpha value is -3.00. The van der Waals surface area contributed by atoms with Gasteiger partial charge < -0.3 is 18.8 Å². The monoisotopic (exact) mass is 395 g/mol. The van der Waals surface area contributed by atoms with Gasteiger partial charge in [-0.3, -0.25) is 4.79 Å². The molecule has 1 atom stereocenters. The first-order valence-corrected chi connectivity index (χ1v) is 9.99.